The Morgan fingerprint density at radius 3 is 2.46 bits per heavy atom. The van der Waals surface area contributed by atoms with E-state index < -0.39 is 12.1 Å². The molecule has 1 aromatic heterocycles. The summed E-state index contributed by atoms with van der Waals surface area (Å²) in [5.41, 5.74) is 1.63. The van der Waals surface area contributed by atoms with Crippen LogP contribution in [0, 0.1) is 6.92 Å². The largest absolute Gasteiger partial charge is 0.463 e. The molecule has 0 aliphatic heterocycles. The maximum absolute atomic E-state index is 11.8. The number of Topliss-reactive ketones (excluding diaryl/α,β-unsaturated/α-hetero) is 1. The summed E-state index contributed by atoms with van der Waals surface area (Å²) in [6.45, 7) is 3.33. The Kier molecular flexibility index (Phi) is 6.54. The van der Waals surface area contributed by atoms with Crippen molar-refractivity contribution in [3.05, 3.63) is 58.5 Å². The summed E-state index contributed by atoms with van der Waals surface area (Å²) >= 11 is 0. The first-order valence-corrected chi connectivity index (χ1v) is 8.10. The number of ketones is 1. The molecule has 138 valence electrons. The fraction of sp³-hybridized carbons (Fsp3) is 0.316. The quantitative estimate of drug-likeness (QED) is 0.603. The zero-order valence-corrected chi connectivity index (χ0v) is 15.0. The van der Waals surface area contributed by atoms with Gasteiger partial charge in [-0.2, -0.15) is 0 Å². The second-order valence-corrected chi connectivity index (χ2v) is 5.63. The predicted molar refractivity (Wildman–Crippen MR) is 93.1 cm³/mol. The summed E-state index contributed by atoms with van der Waals surface area (Å²) in [4.78, 5) is 35.5. The van der Waals surface area contributed by atoms with Crippen LogP contribution in [0.3, 0.4) is 0 Å². The molecule has 1 heterocycles. The van der Waals surface area contributed by atoms with Gasteiger partial charge in [-0.15, -0.1) is 0 Å². The Morgan fingerprint density at radius 2 is 1.85 bits per heavy atom. The van der Waals surface area contributed by atoms with Crippen LogP contribution in [-0.2, 0) is 22.5 Å². The van der Waals surface area contributed by atoms with E-state index in [0.717, 1.165) is 5.56 Å². The Bertz CT molecular complexity index is 794. The minimum atomic E-state index is -0.665. The molecule has 0 aliphatic rings. The number of hydrogen-bond donors (Lipinski definition) is 1. The number of esters is 1. The molecule has 0 spiro atoms. The van der Waals surface area contributed by atoms with Gasteiger partial charge in [0.1, 0.15) is 12.4 Å². The van der Waals surface area contributed by atoms with Crippen molar-refractivity contribution < 1.29 is 28.3 Å². The van der Waals surface area contributed by atoms with E-state index in [1.807, 2.05) is 30.3 Å². The number of carbonyl (C=O) groups excluding carboxylic acids is 3. The molecule has 0 bridgehead atoms. The van der Waals surface area contributed by atoms with E-state index in [1.54, 1.807) is 6.92 Å². The van der Waals surface area contributed by atoms with Gasteiger partial charge in [-0.1, -0.05) is 30.3 Å². The Hall–Kier alpha value is -3.09. The van der Waals surface area contributed by atoms with Gasteiger partial charge in [0.15, 0.2) is 5.78 Å². The first-order valence-electron chi connectivity index (χ1n) is 8.10. The zero-order valence-electron chi connectivity index (χ0n) is 15.0. The highest BCUT2D eigenvalue weighted by Crippen LogP contribution is 2.24. The average molecular weight is 359 g/mol. The summed E-state index contributed by atoms with van der Waals surface area (Å²) in [6.07, 6.45) is -0.352. The molecular weight excluding hydrogens is 338 g/mol. The lowest BCUT2D eigenvalue weighted by atomic mass is 10.0. The molecule has 2 rings (SSSR count). The van der Waals surface area contributed by atoms with E-state index >= 15 is 0 Å². The van der Waals surface area contributed by atoms with Gasteiger partial charge in [0.25, 0.3) is 0 Å². The van der Waals surface area contributed by atoms with Crippen molar-refractivity contribution in [3.8, 4) is 0 Å². The SMILES string of the molecule is COC(=O)c1oc(C)c(C(C)=O)c1CCNC(=O)OCc1ccccc1. The van der Waals surface area contributed by atoms with Crippen molar-refractivity contribution >= 4 is 17.8 Å². The number of rotatable bonds is 7. The number of carbonyl (C=O) groups is 3. The Balaban J connectivity index is 1.97. The van der Waals surface area contributed by atoms with E-state index in [4.69, 9.17) is 9.15 Å². The number of benzene rings is 1. The van der Waals surface area contributed by atoms with Crippen LogP contribution in [0.2, 0.25) is 0 Å². The molecule has 0 saturated heterocycles. The number of methoxy groups -OCH3 is 1. The van der Waals surface area contributed by atoms with E-state index in [1.165, 1.54) is 14.0 Å². The van der Waals surface area contributed by atoms with Crippen LogP contribution >= 0.6 is 0 Å². The first-order chi connectivity index (χ1) is 12.4. The number of ether oxygens (including phenoxy) is 2. The fourth-order valence-corrected chi connectivity index (χ4v) is 2.61. The maximum atomic E-state index is 11.8. The van der Waals surface area contributed by atoms with Crippen molar-refractivity contribution in [2.45, 2.75) is 26.9 Å². The molecule has 0 saturated carbocycles. The normalized spacial score (nSPS) is 10.3. The van der Waals surface area contributed by atoms with Gasteiger partial charge in [0.05, 0.1) is 12.7 Å². The van der Waals surface area contributed by atoms with Crippen LogP contribution < -0.4 is 5.32 Å². The molecule has 1 aromatic carbocycles. The van der Waals surface area contributed by atoms with Crippen LogP contribution in [0.1, 0.15) is 44.7 Å². The Morgan fingerprint density at radius 1 is 1.15 bits per heavy atom. The maximum Gasteiger partial charge on any atom is 0.407 e. The topological polar surface area (TPSA) is 94.8 Å². The zero-order chi connectivity index (χ0) is 19.1. The van der Waals surface area contributed by atoms with Crippen LogP contribution in [-0.4, -0.2) is 31.5 Å². The summed E-state index contributed by atoms with van der Waals surface area (Å²) in [5.74, 6) is -0.556. The van der Waals surface area contributed by atoms with Crippen molar-refractivity contribution in [2.75, 3.05) is 13.7 Å². The molecule has 2 aromatic rings. The number of nitrogens with one attached hydrogen (secondary N) is 1. The number of amides is 1. The van der Waals surface area contributed by atoms with Gasteiger partial charge in [-0.05, 0) is 25.8 Å². The third-order valence-corrected chi connectivity index (χ3v) is 3.76. The van der Waals surface area contributed by atoms with Crippen molar-refractivity contribution in [2.24, 2.45) is 0 Å². The second kappa shape index (κ2) is 8.84. The lowest BCUT2D eigenvalue weighted by molar-refractivity contribution is 0.0562. The third kappa shape index (κ3) is 4.72. The molecule has 1 amide bonds. The number of alkyl carbamates (subject to hydrolysis) is 1. The molecule has 0 atom stereocenters. The van der Waals surface area contributed by atoms with Crippen LogP contribution in [0.5, 0.6) is 0 Å². The highest BCUT2D eigenvalue weighted by molar-refractivity contribution is 6.00. The van der Waals surface area contributed by atoms with Crippen molar-refractivity contribution in [1.82, 2.24) is 5.32 Å². The van der Waals surface area contributed by atoms with Crippen LogP contribution in [0.4, 0.5) is 4.79 Å². The lowest BCUT2D eigenvalue weighted by Gasteiger charge is -2.08. The second-order valence-electron chi connectivity index (χ2n) is 5.63. The van der Waals surface area contributed by atoms with E-state index in [2.05, 4.69) is 10.1 Å². The van der Waals surface area contributed by atoms with E-state index in [0.29, 0.717) is 16.9 Å². The lowest BCUT2D eigenvalue weighted by Crippen LogP contribution is -2.27. The first kappa shape index (κ1) is 19.2. The van der Waals surface area contributed by atoms with E-state index in [9.17, 15) is 14.4 Å². The fourth-order valence-electron chi connectivity index (χ4n) is 2.61. The molecule has 26 heavy (non-hydrogen) atoms. The number of furan rings is 1. The molecule has 0 radical (unpaired) electrons. The van der Waals surface area contributed by atoms with Gasteiger partial charge in [0.2, 0.25) is 5.76 Å². The summed E-state index contributed by atoms with van der Waals surface area (Å²) in [6, 6.07) is 9.29. The van der Waals surface area contributed by atoms with Crippen LogP contribution in [0.15, 0.2) is 34.7 Å². The summed E-state index contributed by atoms with van der Waals surface area (Å²) in [7, 11) is 1.23. The Labute approximate surface area is 151 Å². The molecule has 0 fully saturated rings. The van der Waals surface area contributed by atoms with Gasteiger partial charge in [-0.25, -0.2) is 9.59 Å². The van der Waals surface area contributed by atoms with E-state index in [-0.39, 0.29) is 31.1 Å². The number of hydrogen-bond acceptors (Lipinski definition) is 6. The van der Waals surface area contributed by atoms with Crippen molar-refractivity contribution in [1.29, 1.82) is 0 Å². The molecule has 0 aliphatic carbocycles. The van der Waals surface area contributed by atoms with Gasteiger partial charge in [-0.3, -0.25) is 4.79 Å². The summed E-state index contributed by atoms with van der Waals surface area (Å²) < 4.78 is 15.2. The standard InChI is InChI=1S/C19H21NO6/c1-12(21)16-13(2)26-17(18(22)24-3)15(16)9-10-20-19(23)25-11-14-7-5-4-6-8-14/h4-8H,9-11H2,1-3H3,(H,20,23). The minimum Gasteiger partial charge on any atom is -0.463 e. The van der Waals surface area contributed by atoms with Gasteiger partial charge < -0.3 is 19.2 Å². The van der Waals surface area contributed by atoms with Crippen LogP contribution in [0.25, 0.3) is 0 Å². The number of aryl methyl sites for hydroxylation is 1. The van der Waals surface area contributed by atoms with Gasteiger partial charge >= 0.3 is 12.1 Å². The molecule has 7 heteroatoms. The molecular formula is C19H21NO6. The average Bonchev–Trinajstić information content (AvgIpc) is 2.96. The van der Waals surface area contributed by atoms with Gasteiger partial charge in [0, 0.05) is 12.1 Å². The molecule has 0 unspecified atom stereocenters. The minimum absolute atomic E-state index is 0.0188. The molecule has 1 N–H and O–H groups in total. The monoisotopic (exact) mass is 359 g/mol. The smallest absolute Gasteiger partial charge is 0.407 e. The highest BCUT2D eigenvalue weighted by Gasteiger charge is 2.25. The predicted octanol–water partition coefficient (Wildman–Crippen LogP) is 3.05. The summed E-state index contributed by atoms with van der Waals surface area (Å²) in [5, 5.41) is 2.59. The third-order valence-electron chi connectivity index (χ3n) is 3.76. The molecule has 7 nitrogen and oxygen atoms in total. The van der Waals surface area contributed by atoms with Crippen molar-refractivity contribution in [3.63, 3.8) is 0 Å². The highest BCUT2D eigenvalue weighted by atomic mass is 16.5.